The lowest BCUT2D eigenvalue weighted by Gasteiger charge is -2.32. The Morgan fingerprint density at radius 2 is 1.41 bits per heavy atom. The van der Waals surface area contributed by atoms with Crippen LogP contribution in [0.4, 0.5) is 0 Å². The van der Waals surface area contributed by atoms with E-state index in [9.17, 15) is 0 Å². The van der Waals surface area contributed by atoms with Crippen LogP contribution in [-0.4, -0.2) is 0 Å². The van der Waals surface area contributed by atoms with E-state index in [0.29, 0.717) is 11.3 Å². The molecule has 0 bridgehead atoms. The summed E-state index contributed by atoms with van der Waals surface area (Å²) in [6.07, 6.45) is 1.27. The first-order chi connectivity index (χ1) is 7.91. The van der Waals surface area contributed by atoms with E-state index in [1.54, 1.807) is 0 Å². The molecule has 0 amide bonds. The quantitative estimate of drug-likeness (QED) is 0.612. The molecule has 1 unspecified atom stereocenters. The zero-order valence-corrected chi connectivity index (χ0v) is 12.7. The molecule has 0 fully saturated rings. The summed E-state index contributed by atoms with van der Waals surface area (Å²) >= 11 is 0. The maximum absolute atomic E-state index is 2.34. The Labute approximate surface area is 108 Å². The van der Waals surface area contributed by atoms with Crippen LogP contribution in [-0.2, 0) is 0 Å². The Hall–Kier alpha value is -0.780. The van der Waals surface area contributed by atoms with Gasteiger partial charge in [0.15, 0.2) is 0 Å². The third-order valence-electron chi connectivity index (χ3n) is 2.95. The van der Waals surface area contributed by atoms with Gasteiger partial charge in [-0.1, -0.05) is 78.8 Å². The Morgan fingerprint density at radius 3 is 1.76 bits per heavy atom. The molecule has 1 rings (SSSR count). The van der Waals surface area contributed by atoms with Crippen LogP contribution in [0.3, 0.4) is 0 Å². The van der Waals surface area contributed by atoms with Gasteiger partial charge in [0.1, 0.15) is 0 Å². The molecule has 0 aliphatic carbocycles. The molecule has 0 heterocycles. The predicted molar refractivity (Wildman–Crippen MR) is 79.4 cm³/mol. The molecule has 0 aromatic heterocycles. The molecule has 0 N–H and O–H groups in total. The molecule has 0 saturated heterocycles. The maximum Gasteiger partial charge on any atom is -0.0111 e. The summed E-state index contributed by atoms with van der Waals surface area (Å²) in [7, 11) is 0. The third-order valence-corrected chi connectivity index (χ3v) is 2.95. The molecule has 0 heteroatoms. The van der Waals surface area contributed by atoms with Crippen LogP contribution in [0.15, 0.2) is 30.3 Å². The van der Waals surface area contributed by atoms with Crippen LogP contribution in [0, 0.1) is 11.3 Å². The molecule has 1 atom stereocenters. The van der Waals surface area contributed by atoms with Gasteiger partial charge in [-0.2, -0.15) is 0 Å². The summed E-state index contributed by atoms with van der Waals surface area (Å²) in [5.41, 5.74) is 1.84. The first kappa shape index (κ1) is 16.2. The Bertz CT molecular complexity index is 277. The lowest BCUT2D eigenvalue weighted by Crippen LogP contribution is -2.20. The SMILES string of the molecule is CC.CC(C)CC(c1ccccc1)C(C)(C)C. The molecule has 0 aliphatic rings. The molecule has 0 saturated carbocycles. The van der Waals surface area contributed by atoms with Gasteiger partial charge in [-0.05, 0) is 29.2 Å². The second-order valence-electron chi connectivity index (χ2n) is 5.96. The van der Waals surface area contributed by atoms with Gasteiger partial charge in [-0.25, -0.2) is 0 Å². The molecule has 98 valence electrons. The van der Waals surface area contributed by atoms with Gasteiger partial charge in [0.2, 0.25) is 0 Å². The highest BCUT2D eigenvalue weighted by Crippen LogP contribution is 2.39. The van der Waals surface area contributed by atoms with Crippen molar-refractivity contribution in [2.45, 2.75) is 60.8 Å². The summed E-state index contributed by atoms with van der Waals surface area (Å²) in [6, 6.07) is 10.9. The van der Waals surface area contributed by atoms with E-state index in [0.717, 1.165) is 5.92 Å². The minimum Gasteiger partial charge on any atom is -0.0683 e. The summed E-state index contributed by atoms with van der Waals surface area (Å²) in [6.45, 7) is 15.6. The largest absolute Gasteiger partial charge is 0.0683 e. The van der Waals surface area contributed by atoms with E-state index in [2.05, 4.69) is 65.0 Å². The fourth-order valence-electron chi connectivity index (χ4n) is 2.15. The number of rotatable bonds is 3. The van der Waals surface area contributed by atoms with Gasteiger partial charge in [-0.15, -0.1) is 0 Å². The summed E-state index contributed by atoms with van der Waals surface area (Å²) in [5, 5.41) is 0. The highest BCUT2D eigenvalue weighted by atomic mass is 14.3. The first-order valence-electron chi connectivity index (χ1n) is 6.96. The van der Waals surface area contributed by atoms with Crippen molar-refractivity contribution in [3.8, 4) is 0 Å². The predicted octanol–water partition coefficient (Wildman–Crippen LogP) is 5.89. The summed E-state index contributed by atoms with van der Waals surface area (Å²) in [5.74, 6) is 1.42. The molecule has 0 aliphatic heterocycles. The molecule has 1 aromatic carbocycles. The Balaban J connectivity index is 0.00000121. The van der Waals surface area contributed by atoms with Gasteiger partial charge in [0, 0.05) is 0 Å². The summed E-state index contributed by atoms with van der Waals surface area (Å²) < 4.78 is 0. The van der Waals surface area contributed by atoms with Gasteiger partial charge in [-0.3, -0.25) is 0 Å². The average molecular weight is 234 g/mol. The van der Waals surface area contributed by atoms with Crippen molar-refractivity contribution >= 4 is 0 Å². The lowest BCUT2D eigenvalue weighted by atomic mass is 9.72. The van der Waals surface area contributed by atoms with Crippen molar-refractivity contribution in [2.75, 3.05) is 0 Å². The zero-order valence-electron chi connectivity index (χ0n) is 12.7. The van der Waals surface area contributed by atoms with Crippen LogP contribution >= 0.6 is 0 Å². The molecule has 1 aromatic rings. The Morgan fingerprint density at radius 1 is 0.941 bits per heavy atom. The van der Waals surface area contributed by atoms with E-state index < -0.39 is 0 Å². The van der Waals surface area contributed by atoms with Crippen LogP contribution < -0.4 is 0 Å². The van der Waals surface area contributed by atoms with Gasteiger partial charge in [0.05, 0.1) is 0 Å². The normalized spacial score (nSPS) is 12.9. The van der Waals surface area contributed by atoms with E-state index in [1.165, 1.54) is 12.0 Å². The molecule has 0 spiro atoms. The van der Waals surface area contributed by atoms with Crippen molar-refractivity contribution in [1.29, 1.82) is 0 Å². The van der Waals surface area contributed by atoms with Crippen LogP contribution in [0.25, 0.3) is 0 Å². The molecular formula is C17H30. The number of benzene rings is 1. The monoisotopic (exact) mass is 234 g/mol. The van der Waals surface area contributed by atoms with Crippen LogP contribution in [0.2, 0.25) is 0 Å². The minimum absolute atomic E-state index is 0.353. The second kappa shape index (κ2) is 7.53. The van der Waals surface area contributed by atoms with E-state index in [1.807, 2.05) is 13.8 Å². The van der Waals surface area contributed by atoms with E-state index in [4.69, 9.17) is 0 Å². The van der Waals surface area contributed by atoms with Crippen LogP contribution in [0.5, 0.6) is 0 Å². The fraction of sp³-hybridized carbons (Fsp3) is 0.647. The molecular weight excluding hydrogens is 204 g/mol. The minimum atomic E-state index is 0.353. The van der Waals surface area contributed by atoms with Crippen molar-refractivity contribution in [3.05, 3.63) is 35.9 Å². The van der Waals surface area contributed by atoms with E-state index >= 15 is 0 Å². The molecule has 0 nitrogen and oxygen atoms in total. The fourth-order valence-corrected chi connectivity index (χ4v) is 2.15. The molecule has 17 heavy (non-hydrogen) atoms. The van der Waals surface area contributed by atoms with E-state index in [-0.39, 0.29) is 0 Å². The smallest absolute Gasteiger partial charge is 0.0111 e. The van der Waals surface area contributed by atoms with Crippen molar-refractivity contribution < 1.29 is 0 Å². The Kier molecular flexibility index (Phi) is 7.18. The second-order valence-corrected chi connectivity index (χ2v) is 5.96. The third kappa shape index (κ3) is 5.91. The van der Waals surface area contributed by atoms with Crippen LogP contribution in [0.1, 0.15) is 66.4 Å². The highest BCUT2D eigenvalue weighted by molar-refractivity contribution is 5.21. The lowest BCUT2D eigenvalue weighted by molar-refractivity contribution is 0.280. The molecule has 0 radical (unpaired) electrons. The summed E-state index contributed by atoms with van der Waals surface area (Å²) in [4.78, 5) is 0. The zero-order chi connectivity index (χ0) is 13.5. The van der Waals surface area contributed by atoms with Crippen molar-refractivity contribution in [1.82, 2.24) is 0 Å². The van der Waals surface area contributed by atoms with Gasteiger partial charge >= 0.3 is 0 Å². The van der Waals surface area contributed by atoms with Crippen molar-refractivity contribution in [2.24, 2.45) is 11.3 Å². The van der Waals surface area contributed by atoms with Gasteiger partial charge < -0.3 is 0 Å². The van der Waals surface area contributed by atoms with Crippen molar-refractivity contribution in [3.63, 3.8) is 0 Å². The highest BCUT2D eigenvalue weighted by Gasteiger charge is 2.26. The standard InChI is InChI=1S/C15H24.C2H6/c1-12(2)11-14(15(3,4)5)13-9-7-6-8-10-13;1-2/h6-10,12,14H,11H2,1-5H3;1-2H3. The topological polar surface area (TPSA) is 0 Å². The van der Waals surface area contributed by atoms with Gasteiger partial charge in [0.25, 0.3) is 0 Å². The first-order valence-corrected chi connectivity index (χ1v) is 6.96. The number of hydrogen-bond acceptors (Lipinski definition) is 0. The number of hydrogen-bond donors (Lipinski definition) is 0. The average Bonchev–Trinajstić information content (AvgIpc) is 2.28. The maximum atomic E-state index is 2.34.